The number of hydrogen-bond donors (Lipinski definition) is 2. The first-order chi connectivity index (χ1) is 11.2. The Hall–Kier alpha value is -1.83. The molecule has 0 aromatic heterocycles. The Morgan fingerprint density at radius 3 is 2.67 bits per heavy atom. The zero-order valence-corrected chi connectivity index (χ0v) is 15.7. The van der Waals surface area contributed by atoms with Crippen molar-refractivity contribution >= 4 is 35.6 Å². The van der Waals surface area contributed by atoms with Gasteiger partial charge in [-0.15, -0.1) is 24.0 Å². The maximum Gasteiger partial charge on any atom is 0.193 e. The topological polar surface area (TPSA) is 59.6 Å². The van der Waals surface area contributed by atoms with Crippen molar-refractivity contribution in [2.75, 3.05) is 12.4 Å². The largest absolute Gasteiger partial charge is 0.497 e. The summed E-state index contributed by atoms with van der Waals surface area (Å²) in [6, 6.07) is 14.6. The molecule has 0 saturated heterocycles. The Kier molecular flexibility index (Phi) is 6.42. The third-order valence-corrected chi connectivity index (χ3v) is 4.12. The highest BCUT2D eigenvalue weighted by molar-refractivity contribution is 14.0. The minimum Gasteiger partial charge on any atom is -0.497 e. The smallest absolute Gasteiger partial charge is 0.193 e. The minimum atomic E-state index is -0.137. The molecule has 0 unspecified atom stereocenters. The van der Waals surface area contributed by atoms with Gasteiger partial charge in [0.1, 0.15) is 11.6 Å². The second-order valence-corrected chi connectivity index (χ2v) is 5.71. The van der Waals surface area contributed by atoms with Crippen molar-refractivity contribution in [1.82, 2.24) is 0 Å². The van der Waals surface area contributed by atoms with Gasteiger partial charge in [0.2, 0.25) is 0 Å². The van der Waals surface area contributed by atoms with E-state index in [2.05, 4.69) is 10.3 Å². The van der Waals surface area contributed by atoms with Crippen LogP contribution in [-0.4, -0.2) is 19.1 Å². The molecule has 128 valence electrons. The predicted molar refractivity (Wildman–Crippen MR) is 106 cm³/mol. The lowest BCUT2D eigenvalue weighted by Gasteiger charge is -2.33. The van der Waals surface area contributed by atoms with Gasteiger partial charge in [0.05, 0.1) is 13.2 Å². The molecule has 3 rings (SSSR count). The zero-order chi connectivity index (χ0) is 16.2. The first-order valence-corrected chi connectivity index (χ1v) is 7.64. The minimum absolute atomic E-state index is 0. The summed E-state index contributed by atoms with van der Waals surface area (Å²) in [4.78, 5) is 4.46. The first-order valence-electron chi connectivity index (χ1n) is 7.64. The van der Waals surface area contributed by atoms with Gasteiger partial charge in [-0.05, 0) is 42.5 Å². The fourth-order valence-corrected chi connectivity index (χ4v) is 2.83. The van der Waals surface area contributed by atoms with Crippen LogP contribution in [0.2, 0.25) is 0 Å². The van der Waals surface area contributed by atoms with E-state index >= 15 is 0 Å². The van der Waals surface area contributed by atoms with E-state index in [1.165, 1.54) is 6.07 Å². The molecule has 0 amide bonds. The third kappa shape index (κ3) is 4.37. The fraction of sp³-hybridized carbons (Fsp3) is 0.278. The van der Waals surface area contributed by atoms with E-state index in [-0.39, 0.29) is 41.8 Å². The lowest BCUT2D eigenvalue weighted by molar-refractivity contribution is 0.344. The summed E-state index contributed by atoms with van der Waals surface area (Å²) in [6.45, 7) is 0. The number of aliphatic imine (C=N–C) groups is 1. The number of benzene rings is 2. The molecule has 2 aromatic rings. The van der Waals surface area contributed by atoms with Gasteiger partial charge in [0, 0.05) is 11.8 Å². The van der Waals surface area contributed by atoms with Crippen LogP contribution in [0.4, 0.5) is 10.1 Å². The van der Waals surface area contributed by atoms with Gasteiger partial charge < -0.3 is 15.8 Å². The van der Waals surface area contributed by atoms with Crippen molar-refractivity contribution in [2.45, 2.75) is 24.8 Å². The van der Waals surface area contributed by atoms with E-state index in [0.29, 0.717) is 5.96 Å². The molecule has 0 bridgehead atoms. The average Bonchev–Trinajstić information content (AvgIpc) is 2.51. The van der Waals surface area contributed by atoms with E-state index in [9.17, 15) is 4.39 Å². The highest BCUT2D eigenvalue weighted by atomic mass is 127. The lowest BCUT2D eigenvalue weighted by atomic mass is 9.76. The summed E-state index contributed by atoms with van der Waals surface area (Å²) >= 11 is 0. The van der Waals surface area contributed by atoms with Crippen LogP contribution in [0.25, 0.3) is 0 Å². The zero-order valence-electron chi connectivity index (χ0n) is 13.4. The molecule has 1 fully saturated rings. The van der Waals surface area contributed by atoms with Gasteiger partial charge in [-0.1, -0.05) is 24.3 Å². The molecule has 6 heteroatoms. The standard InChI is InChI=1S/C18H20FN3O.HI/c1-23-15-6-4-5-13(11-15)21-18(20)22-14-9-12(10-14)16-7-2-3-8-17(16)19;/h2-8,11-12,14H,9-10H2,1H3,(H3,20,21,22);1H. The van der Waals surface area contributed by atoms with Gasteiger partial charge in [-0.2, -0.15) is 0 Å². The third-order valence-electron chi connectivity index (χ3n) is 4.12. The maximum absolute atomic E-state index is 13.7. The van der Waals surface area contributed by atoms with Crippen LogP contribution in [0, 0.1) is 5.82 Å². The van der Waals surface area contributed by atoms with Gasteiger partial charge in [-0.25, -0.2) is 9.38 Å². The second kappa shape index (κ2) is 8.32. The normalized spacial score (nSPS) is 19.8. The van der Waals surface area contributed by atoms with Gasteiger partial charge in [-0.3, -0.25) is 0 Å². The summed E-state index contributed by atoms with van der Waals surface area (Å²) in [7, 11) is 1.62. The van der Waals surface area contributed by atoms with E-state index < -0.39 is 0 Å². The quantitative estimate of drug-likeness (QED) is 0.426. The van der Waals surface area contributed by atoms with Crippen molar-refractivity contribution in [3.05, 3.63) is 59.9 Å². The number of ether oxygens (including phenoxy) is 1. The molecule has 1 aliphatic rings. The van der Waals surface area contributed by atoms with Gasteiger partial charge >= 0.3 is 0 Å². The Labute approximate surface area is 158 Å². The molecule has 2 aromatic carbocycles. The predicted octanol–water partition coefficient (Wildman–Crippen LogP) is 4.13. The maximum atomic E-state index is 13.7. The molecule has 0 atom stereocenters. The molecule has 0 radical (unpaired) electrons. The van der Waals surface area contributed by atoms with Crippen LogP contribution in [0.5, 0.6) is 5.75 Å². The van der Waals surface area contributed by atoms with E-state index in [1.807, 2.05) is 36.4 Å². The number of anilines is 1. The van der Waals surface area contributed by atoms with Gasteiger partial charge in [0.15, 0.2) is 5.96 Å². The SMILES string of the molecule is COc1cccc(NC(N)=NC2CC(c3ccccc3F)C2)c1.I. The molecule has 24 heavy (non-hydrogen) atoms. The van der Waals surface area contributed by atoms with E-state index in [0.717, 1.165) is 29.8 Å². The van der Waals surface area contributed by atoms with E-state index in [4.69, 9.17) is 10.5 Å². The monoisotopic (exact) mass is 441 g/mol. The van der Waals surface area contributed by atoms with Gasteiger partial charge in [0.25, 0.3) is 0 Å². The number of methoxy groups -OCH3 is 1. The first kappa shape index (κ1) is 18.5. The number of nitrogens with zero attached hydrogens (tertiary/aromatic N) is 1. The number of guanidine groups is 1. The number of halogens is 2. The van der Waals surface area contributed by atoms with Crippen molar-refractivity contribution in [2.24, 2.45) is 10.7 Å². The van der Waals surface area contributed by atoms with Crippen LogP contribution in [0.1, 0.15) is 24.3 Å². The van der Waals surface area contributed by atoms with Crippen molar-refractivity contribution in [3.63, 3.8) is 0 Å². The molecule has 1 aliphatic carbocycles. The van der Waals surface area contributed by atoms with Crippen molar-refractivity contribution in [1.29, 1.82) is 0 Å². The fourth-order valence-electron chi connectivity index (χ4n) is 2.83. The summed E-state index contributed by atoms with van der Waals surface area (Å²) in [5, 5.41) is 3.06. The molecular formula is C18H21FIN3O. The highest BCUT2D eigenvalue weighted by Gasteiger charge is 2.31. The summed E-state index contributed by atoms with van der Waals surface area (Å²) in [6.07, 6.45) is 1.64. The molecule has 3 N–H and O–H groups in total. The van der Waals surface area contributed by atoms with Crippen LogP contribution >= 0.6 is 24.0 Å². The summed E-state index contributed by atoms with van der Waals surface area (Å²) < 4.78 is 18.9. The summed E-state index contributed by atoms with van der Waals surface area (Å²) in [5.41, 5.74) is 7.55. The molecule has 0 heterocycles. The molecule has 0 aliphatic heterocycles. The number of nitrogens with two attached hydrogens (primary N) is 1. The van der Waals surface area contributed by atoms with E-state index in [1.54, 1.807) is 13.2 Å². The summed E-state index contributed by atoms with van der Waals surface area (Å²) in [5.74, 6) is 1.22. The Morgan fingerprint density at radius 2 is 1.96 bits per heavy atom. The Balaban J connectivity index is 0.00000208. The van der Waals surface area contributed by atoms with Crippen molar-refractivity contribution < 1.29 is 9.13 Å². The van der Waals surface area contributed by atoms with Crippen LogP contribution in [0.3, 0.4) is 0 Å². The Morgan fingerprint density at radius 1 is 1.21 bits per heavy atom. The van der Waals surface area contributed by atoms with Crippen LogP contribution in [-0.2, 0) is 0 Å². The molecule has 0 spiro atoms. The molecular weight excluding hydrogens is 420 g/mol. The molecule has 1 saturated carbocycles. The number of hydrogen-bond acceptors (Lipinski definition) is 2. The van der Waals surface area contributed by atoms with Crippen LogP contribution in [0.15, 0.2) is 53.5 Å². The lowest BCUT2D eigenvalue weighted by Crippen LogP contribution is -2.31. The average molecular weight is 441 g/mol. The highest BCUT2D eigenvalue weighted by Crippen LogP contribution is 2.39. The number of rotatable bonds is 4. The Bertz CT molecular complexity index is 717. The molecule has 4 nitrogen and oxygen atoms in total. The van der Waals surface area contributed by atoms with Crippen molar-refractivity contribution in [3.8, 4) is 5.75 Å². The van der Waals surface area contributed by atoms with Crippen LogP contribution < -0.4 is 15.8 Å². The number of nitrogens with one attached hydrogen (secondary N) is 1. The second-order valence-electron chi connectivity index (χ2n) is 5.71.